The molecule has 0 amide bonds. The van der Waals surface area contributed by atoms with Gasteiger partial charge in [0.25, 0.3) is 5.97 Å². The number of carbonyl (C=O) groups is 1. The third kappa shape index (κ3) is 8.77. The number of aliphatic carboxylic acids is 1. The van der Waals surface area contributed by atoms with Gasteiger partial charge >= 0.3 is 0 Å². The van der Waals surface area contributed by atoms with Crippen LogP contribution in [0.5, 0.6) is 5.75 Å². The van der Waals surface area contributed by atoms with E-state index in [9.17, 15) is 0 Å². The van der Waals surface area contributed by atoms with Crippen LogP contribution in [0.3, 0.4) is 0 Å². The van der Waals surface area contributed by atoms with Gasteiger partial charge in [-0.15, -0.1) is 0 Å². The SMILES string of the molecule is CC(=O)O.Cc1ccc(OCCO)cc1. The van der Waals surface area contributed by atoms with Crippen molar-refractivity contribution in [3.63, 3.8) is 0 Å². The zero-order valence-corrected chi connectivity index (χ0v) is 8.93. The highest BCUT2D eigenvalue weighted by Crippen LogP contribution is 2.10. The van der Waals surface area contributed by atoms with E-state index in [4.69, 9.17) is 19.7 Å². The fraction of sp³-hybridized carbons (Fsp3) is 0.364. The maximum Gasteiger partial charge on any atom is 0.300 e. The molecule has 0 aliphatic carbocycles. The molecule has 0 heterocycles. The van der Waals surface area contributed by atoms with Crippen molar-refractivity contribution >= 4 is 5.97 Å². The van der Waals surface area contributed by atoms with E-state index in [1.54, 1.807) is 0 Å². The summed E-state index contributed by atoms with van der Waals surface area (Å²) in [5, 5.41) is 15.9. The minimum atomic E-state index is -0.833. The molecule has 0 saturated carbocycles. The lowest BCUT2D eigenvalue weighted by Gasteiger charge is -2.02. The first-order valence-corrected chi connectivity index (χ1v) is 4.56. The van der Waals surface area contributed by atoms with Gasteiger partial charge in [-0.2, -0.15) is 0 Å². The highest BCUT2D eigenvalue weighted by atomic mass is 16.5. The highest BCUT2D eigenvalue weighted by Gasteiger charge is 1.90. The Morgan fingerprint density at radius 2 is 1.80 bits per heavy atom. The predicted molar refractivity (Wildman–Crippen MR) is 57.1 cm³/mol. The van der Waals surface area contributed by atoms with Crippen LogP contribution in [0.15, 0.2) is 24.3 Å². The molecule has 0 radical (unpaired) electrons. The second-order valence-corrected chi connectivity index (χ2v) is 2.90. The maximum absolute atomic E-state index is 9.00. The highest BCUT2D eigenvalue weighted by molar-refractivity contribution is 5.62. The summed E-state index contributed by atoms with van der Waals surface area (Å²) in [5.41, 5.74) is 1.21. The molecular weight excluding hydrogens is 196 g/mol. The summed E-state index contributed by atoms with van der Waals surface area (Å²) in [6, 6.07) is 7.75. The van der Waals surface area contributed by atoms with Gasteiger partial charge in [-0.05, 0) is 19.1 Å². The second-order valence-electron chi connectivity index (χ2n) is 2.90. The fourth-order valence-electron chi connectivity index (χ4n) is 0.798. The molecule has 1 rings (SSSR count). The summed E-state index contributed by atoms with van der Waals surface area (Å²) in [6.45, 7) is 3.53. The van der Waals surface area contributed by atoms with Crippen LogP contribution in [-0.2, 0) is 4.79 Å². The van der Waals surface area contributed by atoms with E-state index in [-0.39, 0.29) is 6.61 Å². The molecule has 0 aliphatic heterocycles. The molecule has 0 aliphatic rings. The van der Waals surface area contributed by atoms with Gasteiger partial charge in [0.2, 0.25) is 0 Å². The predicted octanol–water partition coefficient (Wildman–Crippen LogP) is 1.46. The first-order valence-electron chi connectivity index (χ1n) is 4.56. The number of benzene rings is 1. The second kappa shape index (κ2) is 7.82. The van der Waals surface area contributed by atoms with Crippen molar-refractivity contribution in [2.45, 2.75) is 13.8 Å². The van der Waals surface area contributed by atoms with Gasteiger partial charge in [0, 0.05) is 6.92 Å². The number of rotatable bonds is 3. The van der Waals surface area contributed by atoms with Crippen molar-refractivity contribution in [2.24, 2.45) is 0 Å². The summed E-state index contributed by atoms with van der Waals surface area (Å²) in [6.07, 6.45) is 0. The van der Waals surface area contributed by atoms with Crippen molar-refractivity contribution in [3.05, 3.63) is 29.8 Å². The summed E-state index contributed by atoms with van der Waals surface area (Å²) in [5.74, 6) is -0.0235. The molecule has 0 aromatic heterocycles. The number of hydrogen-bond acceptors (Lipinski definition) is 3. The van der Waals surface area contributed by atoms with Crippen LogP contribution in [0.25, 0.3) is 0 Å². The third-order valence-corrected chi connectivity index (χ3v) is 1.38. The van der Waals surface area contributed by atoms with Crippen LogP contribution in [-0.4, -0.2) is 29.4 Å². The molecule has 1 aromatic rings. The number of carboxylic acids is 1. The van der Waals surface area contributed by atoms with Crippen molar-refractivity contribution in [1.82, 2.24) is 0 Å². The molecule has 15 heavy (non-hydrogen) atoms. The standard InChI is InChI=1S/C9H12O2.C2H4O2/c1-8-2-4-9(5-3-8)11-7-6-10;1-2(3)4/h2-5,10H,6-7H2,1H3;1H3,(H,3,4). The third-order valence-electron chi connectivity index (χ3n) is 1.38. The van der Waals surface area contributed by atoms with Gasteiger partial charge < -0.3 is 14.9 Å². The molecule has 4 nitrogen and oxygen atoms in total. The lowest BCUT2D eigenvalue weighted by Crippen LogP contribution is -2.01. The van der Waals surface area contributed by atoms with E-state index >= 15 is 0 Å². The minimum absolute atomic E-state index is 0.0634. The van der Waals surface area contributed by atoms with Gasteiger partial charge in [-0.25, -0.2) is 0 Å². The number of ether oxygens (including phenoxy) is 1. The lowest BCUT2D eigenvalue weighted by atomic mass is 10.2. The molecule has 0 spiro atoms. The molecule has 0 saturated heterocycles. The first kappa shape index (κ1) is 13.4. The largest absolute Gasteiger partial charge is 0.491 e. The van der Waals surface area contributed by atoms with E-state index in [0.717, 1.165) is 12.7 Å². The van der Waals surface area contributed by atoms with Crippen molar-refractivity contribution in [2.75, 3.05) is 13.2 Å². The zero-order valence-electron chi connectivity index (χ0n) is 8.93. The van der Waals surface area contributed by atoms with Crippen LogP contribution in [0.2, 0.25) is 0 Å². The van der Waals surface area contributed by atoms with Gasteiger partial charge in [0.05, 0.1) is 6.61 Å². The number of aliphatic hydroxyl groups excluding tert-OH is 1. The summed E-state index contributed by atoms with van der Waals surface area (Å²) >= 11 is 0. The molecule has 1 aromatic carbocycles. The number of aryl methyl sites for hydroxylation is 1. The molecule has 0 unspecified atom stereocenters. The van der Waals surface area contributed by atoms with Gasteiger partial charge in [-0.1, -0.05) is 17.7 Å². The molecule has 84 valence electrons. The van der Waals surface area contributed by atoms with Crippen LogP contribution < -0.4 is 4.74 Å². The maximum atomic E-state index is 9.00. The normalized spacial score (nSPS) is 8.73. The van der Waals surface area contributed by atoms with Gasteiger partial charge in [-0.3, -0.25) is 4.79 Å². The molecular formula is C11H16O4. The summed E-state index contributed by atoms with van der Waals surface area (Å²) < 4.78 is 5.16. The van der Waals surface area contributed by atoms with E-state index in [2.05, 4.69) is 0 Å². The van der Waals surface area contributed by atoms with Gasteiger partial charge in [0.15, 0.2) is 0 Å². The van der Waals surface area contributed by atoms with E-state index < -0.39 is 5.97 Å². The van der Waals surface area contributed by atoms with Crippen molar-refractivity contribution in [1.29, 1.82) is 0 Å². The Hall–Kier alpha value is -1.55. The van der Waals surface area contributed by atoms with Gasteiger partial charge in [0.1, 0.15) is 12.4 Å². The Balaban J connectivity index is 0.000000423. The Morgan fingerprint density at radius 1 is 1.33 bits per heavy atom. The van der Waals surface area contributed by atoms with Crippen LogP contribution >= 0.6 is 0 Å². The first-order chi connectivity index (χ1) is 7.06. The quantitative estimate of drug-likeness (QED) is 0.796. The minimum Gasteiger partial charge on any atom is -0.491 e. The summed E-state index contributed by atoms with van der Waals surface area (Å²) in [7, 11) is 0. The molecule has 0 fully saturated rings. The van der Waals surface area contributed by atoms with Crippen LogP contribution in [0.4, 0.5) is 0 Å². The van der Waals surface area contributed by atoms with Crippen molar-refractivity contribution < 1.29 is 19.7 Å². The Kier molecular flexibility index (Phi) is 7.01. The Labute approximate surface area is 89.1 Å². The van der Waals surface area contributed by atoms with Crippen molar-refractivity contribution in [3.8, 4) is 5.75 Å². The lowest BCUT2D eigenvalue weighted by molar-refractivity contribution is -0.134. The average Bonchev–Trinajstić information content (AvgIpc) is 2.16. The van der Waals surface area contributed by atoms with Crippen LogP contribution in [0.1, 0.15) is 12.5 Å². The zero-order chi connectivity index (χ0) is 11.7. The Morgan fingerprint density at radius 3 is 2.20 bits per heavy atom. The number of aliphatic hydroxyl groups is 1. The summed E-state index contributed by atoms with van der Waals surface area (Å²) in [4.78, 5) is 9.00. The monoisotopic (exact) mass is 212 g/mol. The fourth-order valence-corrected chi connectivity index (χ4v) is 0.798. The van der Waals surface area contributed by atoms with E-state index in [1.165, 1.54) is 5.56 Å². The number of hydrogen-bond donors (Lipinski definition) is 2. The smallest absolute Gasteiger partial charge is 0.300 e. The molecule has 0 atom stereocenters. The molecule has 0 bridgehead atoms. The van der Waals surface area contributed by atoms with E-state index in [1.807, 2.05) is 31.2 Å². The molecule has 2 N–H and O–H groups in total. The van der Waals surface area contributed by atoms with E-state index in [0.29, 0.717) is 6.61 Å². The number of carboxylic acid groups (broad SMARTS) is 1. The topological polar surface area (TPSA) is 66.8 Å². The van der Waals surface area contributed by atoms with Crippen LogP contribution in [0, 0.1) is 6.92 Å². The Bertz CT molecular complexity index is 275. The molecule has 4 heteroatoms. The average molecular weight is 212 g/mol.